The molecule has 0 amide bonds. The molecule has 8 nitrogen and oxygen atoms in total. The van der Waals surface area contributed by atoms with Crippen LogP contribution in [0.3, 0.4) is 0 Å². The number of rotatable bonds is 45. The van der Waals surface area contributed by atoms with Crippen molar-refractivity contribution < 1.29 is 38.2 Å². The van der Waals surface area contributed by atoms with Gasteiger partial charge in [-0.3, -0.25) is 9.59 Å². The summed E-state index contributed by atoms with van der Waals surface area (Å²) in [4.78, 5) is 37.2. The molecule has 366 valence electrons. The zero-order valence-electron chi connectivity index (χ0n) is 41.7. The van der Waals surface area contributed by atoms with Gasteiger partial charge in [-0.2, -0.15) is 0 Å². The molecule has 0 saturated heterocycles. The van der Waals surface area contributed by atoms with E-state index in [1.165, 1.54) is 89.9 Å². The van der Waals surface area contributed by atoms with Crippen LogP contribution in [-0.4, -0.2) is 80.6 Å². The number of hydrogen-bond acceptors (Lipinski definition) is 6. The number of hydrogen-bond donors (Lipinski definition) is 1. The van der Waals surface area contributed by atoms with Crippen molar-refractivity contribution in [3.8, 4) is 0 Å². The van der Waals surface area contributed by atoms with Crippen molar-refractivity contribution in [2.45, 2.75) is 212 Å². The van der Waals surface area contributed by atoms with E-state index in [2.05, 4.69) is 62.5 Å². The molecule has 2 atom stereocenters. The maximum Gasteiger partial charge on any atom is 0.362 e. The Bertz CT molecular complexity index is 1320. The number of nitrogens with zero attached hydrogens (tertiary/aromatic N) is 1. The van der Waals surface area contributed by atoms with Crippen LogP contribution >= 0.6 is 0 Å². The molecule has 0 saturated carbocycles. The molecular formula is C56H96NO7+. The quantitative estimate of drug-likeness (QED) is 0.0214. The highest BCUT2D eigenvalue weighted by molar-refractivity contribution is 5.72. The Morgan fingerprint density at radius 1 is 0.484 bits per heavy atom. The van der Waals surface area contributed by atoms with E-state index in [-0.39, 0.29) is 36.2 Å². The van der Waals surface area contributed by atoms with Crippen LogP contribution in [0.15, 0.2) is 85.1 Å². The maximum absolute atomic E-state index is 12.8. The Balaban J connectivity index is 4.33. The molecule has 0 aliphatic rings. The first kappa shape index (κ1) is 60.5. The molecule has 0 spiro atoms. The van der Waals surface area contributed by atoms with E-state index in [1.807, 2.05) is 57.6 Å². The van der Waals surface area contributed by atoms with Gasteiger partial charge in [0, 0.05) is 19.3 Å². The smallest absolute Gasteiger partial charge is 0.362 e. The highest BCUT2D eigenvalue weighted by Crippen LogP contribution is 2.14. The van der Waals surface area contributed by atoms with Crippen molar-refractivity contribution in [2.24, 2.45) is 0 Å². The number of ether oxygens (including phenoxy) is 3. The lowest BCUT2D eigenvalue weighted by atomic mass is 10.1. The lowest BCUT2D eigenvalue weighted by Crippen LogP contribution is -2.50. The van der Waals surface area contributed by atoms with Crippen molar-refractivity contribution in [3.05, 3.63) is 85.1 Å². The Kier molecular flexibility index (Phi) is 43.5. The normalized spacial score (nSPS) is 13.6. The van der Waals surface area contributed by atoms with Crippen LogP contribution in [0.2, 0.25) is 0 Å². The average Bonchev–Trinajstić information content (AvgIpc) is 3.26. The molecule has 0 bridgehead atoms. The lowest BCUT2D eigenvalue weighted by molar-refractivity contribution is -0.887. The first-order valence-corrected chi connectivity index (χ1v) is 25.7. The van der Waals surface area contributed by atoms with Gasteiger partial charge >= 0.3 is 17.9 Å². The second-order valence-electron chi connectivity index (χ2n) is 18.2. The molecule has 1 N–H and O–H groups in total. The van der Waals surface area contributed by atoms with Crippen molar-refractivity contribution in [1.82, 2.24) is 0 Å². The van der Waals surface area contributed by atoms with Crippen molar-refractivity contribution >= 4 is 17.9 Å². The summed E-state index contributed by atoms with van der Waals surface area (Å²) in [5.41, 5.74) is 0. The van der Waals surface area contributed by atoms with Crippen LogP contribution in [-0.2, 0) is 28.6 Å². The third-order valence-electron chi connectivity index (χ3n) is 11.1. The van der Waals surface area contributed by atoms with Gasteiger partial charge < -0.3 is 23.8 Å². The van der Waals surface area contributed by atoms with E-state index in [0.29, 0.717) is 19.3 Å². The summed E-state index contributed by atoms with van der Waals surface area (Å²) < 4.78 is 17.3. The van der Waals surface area contributed by atoms with Gasteiger partial charge in [0.05, 0.1) is 34.4 Å². The SMILES string of the molecule is CCC/C=C/C=C/C=C/C=C/C=C/CCCCCCCC(=O)OCC(COCCC(C(=O)O)[N+](C)(C)C)OC(=O)CCCCCCCCC/C=C/C/C=C/CCCCCCCCCC. The van der Waals surface area contributed by atoms with Gasteiger partial charge in [0.1, 0.15) is 6.61 Å². The molecule has 0 radical (unpaired) electrons. The van der Waals surface area contributed by atoms with Crippen LogP contribution in [0.5, 0.6) is 0 Å². The monoisotopic (exact) mass is 895 g/mol. The second-order valence-corrected chi connectivity index (χ2v) is 18.2. The first-order valence-electron chi connectivity index (χ1n) is 25.7. The molecule has 0 heterocycles. The molecule has 0 aliphatic carbocycles. The van der Waals surface area contributed by atoms with Crippen LogP contribution in [0.1, 0.15) is 200 Å². The Labute approximate surface area is 393 Å². The number of quaternary nitrogens is 1. The summed E-state index contributed by atoms with van der Waals surface area (Å²) in [6.07, 6.45) is 60.5. The van der Waals surface area contributed by atoms with Gasteiger partial charge in [0.25, 0.3) is 0 Å². The lowest BCUT2D eigenvalue weighted by Gasteiger charge is -2.31. The van der Waals surface area contributed by atoms with Crippen LogP contribution in [0.4, 0.5) is 0 Å². The molecule has 2 unspecified atom stereocenters. The fourth-order valence-electron chi connectivity index (χ4n) is 7.15. The summed E-state index contributed by atoms with van der Waals surface area (Å²) >= 11 is 0. The second kappa shape index (κ2) is 46.1. The predicted octanol–water partition coefficient (Wildman–Crippen LogP) is 14.9. The van der Waals surface area contributed by atoms with E-state index >= 15 is 0 Å². The summed E-state index contributed by atoms with van der Waals surface area (Å²) in [6, 6.07) is -0.626. The third-order valence-corrected chi connectivity index (χ3v) is 11.1. The number of carboxylic acids is 1. The van der Waals surface area contributed by atoms with E-state index < -0.39 is 18.1 Å². The van der Waals surface area contributed by atoms with Crippen LogP contribution in [0.25, 0.3) is 0 Å². The number of esters is 2. The number of aliphatic carboxylic acids is 1. The van der Waals surface area contributed by atoms with Crippen molar-refractivity contribution in [3.63, 3.8) is 0 Å². The van der Waals surface area contributed by atoms with Crippen molar-refractivity contribution in [1.29, 1.82) is 0 Å². The molecule has 0 aromatic carbocycles. The van der Waals surface area contributed by atoms with Crippen molar-refractivity contribution in [2.75, 3.05) is 41.0 Å². The predicted molar refractivity (Wildman–Crippen MR) is 270 cm³/mol. The number of unbranched alkanes of at least 4 members (excludes halogenated alkanes) is 21. The highest BCUT2D eigenvalue weighted by Gasteiger charge is 2.31. The number of likely N-dealkylation sites (N-methyl/N-ethyl adjacent to an activating group) is 1. The topological polar surface area (TPSA) is 99.1 Å². The van der Waals surface area contributed by atoms with Gasteiger partial charge in [0.15, 0.2) is 12.1 Å². The zero-order valence-corrected chi connectivity index (χ0v) is 41.7. The number of carbonyl (C=O) groups is 3. The summed E-state index contributed by atoms with van der Waals surface area (Å²) in [5.74, 6) is -1.51. The molecule has 0 aromatic heterocycles. The van der Waals surface area contributed by atoms with Gasteiger partial charge in [-0.25, -0.2) is 4.79 Å². The highest BCUT2D eigenvalue weighted by atomic mass is 16.6. The maximum atomic E-state index is 12.8. The van der Waals surface area contributed by atoms with Crippen LogP contribution in [0, 0.1) is 0 Å². The largest absolute Gasteiger partial charge is 0.477 e. The first-order chi connectivity index (χ1) is 31.1. The minimum Gasteiger partial charge on any atom is -0.477 e. The Hall–Kier alpha value is -3.49. The molecule has 0 rings (SSSR count). The summed E-state index contributed by atoms with van der Waals surface area (Å²) in [6.45, 7) is 4.61. The van der Waals surface area contributed by atoms with Gasteiger partial charge in [-0.15, -0.1) is 0 Å². The minimum atomic E-state index is -0.883. The molecule has 0 aliphatic heterocycles. The van der Waals surface area contributed by atoms with E-state index in [4.69, 9.17) is 14.2 Å². The van der Waals surface area contributed by atoms with E-state index in [0.717, 1.165) is 77.0 Å². The van der Waals surface area contributed by atoms with Gasteiger partial charge in [-0.05, 0) is 64.2 Å². The number of carboxylic acid groups (broad SMARTS) is 1. The standard InChI is InChI=1S/C56H95NO7/c1-6-8-10-12-14-16-18-20-22-24-26-27-28-29-31-33-35-37-39-41-43-45-47-55(59)64-52(50-62-49-48-53(56(60)61)57(3,4)5)51-63-54(58)46-44-42-40-38-36-34-32-30-25-23-21-19-17-15-13-11-9-7-2/h11,13,15,17,19,21,23-26,28-30,32,52-53H,6-10,12,14,16,18,20,22,27,31,33-51H2,1-5H3/p+1/b13-11+,17-15+,21-19+,25-23+,26-24+,29-28+,32-30+. The van der Waals surface area contributed by atoms with Gasteiger partial charge in [0.2, 0.25) is 0 Å². The molecule has 8 heteroatoms. The fraction of sp³-hybridized carbons (Fsp3) is 0.696. The third kappa shape index (κ3) is 43.7. The van der Waals surface area contributed by atoms with E-state index in [9.17, 15) is 19.5 Å². The Morgan fingerprint density at radius 2 is 0.922 bits per heavy atom. The summed E-state index contributed by atoms with van der Waals surface area (Å²) in [7, 11) is 5.52. The number of carbonyl (C=O) groups excluding carboxylic acids is 2. The Morgan fingerprint density at radius 3 is 1.41 bits per heavy atom. The van der Waals surface area contributed by atoms with E-state index in [1.54, 1.807) is 0 Å². The molecule has 0 fully saturated rings. The molecule has 0 aromatic rings. The minimum absolute atomic E-state index is 0.0447. The number of allylic oxidation sites excluding steroid dienone is 14. The average molecular weight is 895 g/mol. The van der Waals surface area contributed by atoms with Gasteiger partial charge in [-0.1, -0.05) is 202 Å². The molecule has 64 heavy (non-hydrogen) atoms. The van der Waals surface area contributed by atoms with Crippen LogP contribution < -0.4 is 0 Å². The zero-order chi connectivity index (χ0) is 47.0. The fourth-order valence-corrected chi connectivity index (χ4v) is 7.15. The molecular weight excluding hydrogens is 799 g/mol. The summed E-state index contributed by atoms with van der Waals surface area (Å²) in [5, 5.41) is 9.65.